The van der Waals surface area contributed by atoms with Crippen molar-refractivity contribution in [1.29, 1.82) is 0 Å². The van der Waals surface area contributed by atoms with Crippen LogP contribution in [-0.4, -0.2) is 27.0 Å². The van der Waals surface area contributed by atoms with E-state index in [4.69, 9.17) is 16.3 Å². The quantitative estimate of drug-likeness (QED) is 0.512. The summed E-state index contributed by atoms with van der Waals surface area (Å²) in [6.07, 6.45) is -1.05. The molecule has 34 heavy (non-hydrogen) atoms. The molecule has 0 aliphatic carbocycles. The van der Waals surface area contributed by atoms with Gasteiger partial charge in [-0.15, -0.1) is 0 Å². The maximum absolute atomic E-state index is 13.6. The van der Waals surface area contributed by atoms with Gasteiger partial charge in [0, 0.05) is 10.7 Å². The molecule has 0 unspecified atom stereocenters. The van der Waals surface area contributed by atoms with Crippen molar-refractivity contribution in [1.82, 2.24) is 0 Å². The van der Waals surface area contributed by atoms with Gasteiger partial charge in [0.2, 0.25) is 0 Å². The molecule has 4 rings (SSSR count). The molecular weight excluding hydrogens is 472 g/mol. The Morgan fingerprint density at radius 2 is 1.76 bits per heavy atom. The van der Waals surface area contributed by atoms with E-state index < -0.39 is 22.0 Å². The van der Waals surface area contributed by atoms with Gasteiger partial charge in [-0.1, -0.05) is 62.7 Å². The number of rotatable bonds is 4. The van der Waals surface area contributed by atoms with Crippen LogP contribution in [0.1, 0.15) is 31.9 Å². The van der Waals surface area contributed by atoms with E-state index in [9.17, 15) is 13.2 Å². The van der Waals surface area contributed by atoms with Crippen LogP contribution < -0.4 is 14.4 Å². The fraction of sp³-hybridized carbons (Fsp3) is 0.269. The highest BCUT2D eigenvalue weighted by atomic mass is 35.5. The van der Waals surface area contributed by atoms with E-state index >= 15 is 0 Å². The summed E-state index contributed by atoms with van der Waals surface area (Å²) in [6.45, 7) is 7.86. The Bertz CT molecular complexity index is 1330. The molecule has 1 aliphatic heterocycles. The van der Waals surface area contributed by atoms with Gasteiger partial charge in [-0.2, -0.15) is 0 Å². The number of halogens is 1. The molecule has 0 radical (unpaired) electrons. The first-order chi connectivity index (χ1) is 16.0. The maximum atomic E-state index is 13.6. The van der Waals surface area contributed by atoms with Crippen molar-refractivity contribution in [3.8, 4) is 5.75 Å². The van der Waals surface area contributed by atoms with Gasteiger partial charge in [0.1, 0.15) is 5.75 Å². The van der Waals surface area contributed by atoms with Crippen LogP contribution in [0.5, 0.6) is 5.75 Å². The molecule has 1 N–H and O–H groups in total. The zero-order chi connectivity index (χ0) is 24.7. The first-order valence-corrected chi connectivity index (χ1v) is 12.7. The standard InChI is InChI=1S/C26H27ClN2O4S/c1-17-10-12-19(15-21(17)27)28-25(30)24-16-29(34(31,32)20-8-6-5-7-9-20)22-14-18(26(2,3)4)11-13-23(22)33-24/h5-15,24H,16H2,1-4H3,(H,28,30)/t24-/m1/s1. The summed E-state index contributed by atoms with van der Waals surface area (Å²) in [5, 5.41) is 3.31. The summed E-state index contributed by atoms with van der Waals surface area (Å²) in [5.41, 5.74) is 2.57. The number of anilines is 2. The van der Waals surface area contributed by atoms with E-state index in [1.165, 1.54) is 4.31 Å². The number of sulfonamides is 1. The third kappa shape index (κ3) is 4.76. The predicted octanol–water partition coefficient (Wildman–Crippen LogP) is 5.54. The van der Waals surface area contributed by atoms with Crippen LogP contribution in [-0.2, 0) is 20.2 Å². The lowest BCUT2D eigenvalue weighted by Crippen LogP contribution is -2.49. The minimum absolute atomic E-state index is 0.147. The van der Waals surface area contributed by atoms with Crippen molar-refractivity contribution >= 4 is 38.9 Å². The second-order valence-corrected chi connectivity index (χ2v) is 11.6. The van der Waals surface area contributed by atoms with Crippen LogP contribution in [0.25, 0.3) is 0 Å². The number of nitrogens with one attached hydrogen (secondary N) is 1. The first-order valence-electron chi connectivity index (χ1n) is 10.9. The first kappa shape index (κ1) is 24.1. The summed E-state index contributed by atoms with van der Waals surface area (Å²) in [5.74, 6) is -0.125. The number of benzene rings is 3. The molecule has 6 nitrogen and oxygen atoms in total. The van der Waals surface area contributed by atoms with Gasteiger partial charge in [-0.25, -0.2) is 8.42 Å². The van der Waals surface area contributed by atoms with Crippen LogP contribution in [0.2, 0.25) is 5.02 Å². The Morgan fingerprint density at radius 3 is 2.41 bits per heavy atom. The van der Waals surface area contributed by atoms with E-state index in [1.807, 2.05) is 19.1 Å². The largest absolute Gasteiger partial charge is 0.476 e. The normalized spacial score (nSPS) is 15.9. The van der Waals surface area contributed by atoms with E-state index in [1.54, 1.807) is 54.6 Å². The Labute approximate surface area is 205 Å². The smallest absolute Gasteiger partial charge is 0.267 e. The van der Waals surface area contributed by atoms with E-state index in [-0.39, 0.29) is 16.9 Å². The molecule has 1 atom stereocenters. The molecule has 178 valence electrons. The van der Waals surface area contributed by atoms with E-state index in [2.05, 4.69) is 26.1 Å². The van der Waals surface area contributed by atoms with Gasteiger partial charge in [0.25, 0.3) is 15.9 Å². The Balaban J connectivity index is 1.73. The van der Waals surface area contributed by atoms with Gasteiger partial charge in [-0.05, 0) is 59.9 Å². The van der Waals surface area contributed by atoms with Gasteiger partial charge >= 0.3 is 0 Å². The SMILES string of the molecule is Cc1ccc(NC(=O)[C@H]2CN(S(=O)(=O)c3ccccc3)c3cc(C(C)(C)C)ccc3O2)cc1Cl. The van der Waals surface area contributed by atoms with Gasteiger partial charge in [-0.3, -0.25) is 9.10 Å². The van der Waals surface area contributed by atoms with Gasteiger partial charge < -0.3 is 10.1 Å². The van der Waals surface area contributed by atoms with E-state index in [0.717, 1.165) is 11.1 Å². The molecule has 0 saturated heterocycles. The lowest BCUT2D eigenvalue weighted by molar-refractivity contribution is -0.122. The van der Waals surface area contributed by atoms with Crippen LogP contribution in [0.3, 0.4) is 0 Å². The molecule has 8 heteroatoms. The number of nitrogens with zero attached hydrogens (tertiary/aromatic N) is 1. The minimum Gasteiger partial charge on any atom is -0.476 e. The number of fused-ring (bicyclic) bond motifs is 1. The Kier molecular flexibility index (Phi) is 6.36. The summed E-state index contributed by atoms with van der Waals surface area (Å²) in [7, 11) is -3.94. The maximum Gasteiger partial charge on any atom is 0.267 e. The molecule has 1 heterocycles. The van der Waals surface area contributed by atoms with Gasteiger partial charge in [0.05, 0.1) is 17.1 Å². The van der Waals surface area contributed by atoms with Crippen molar-refractivity contribution < 1.29 is 17.9 Å². The van der Waals surface area contributed by atoms with Crippen molar-refractivity contribution in [2.75, 3.05) is 16.2 Å². The molecule has 3 aromatic rings. The number of hydrogen-bond donors (Lipinski definition) is 1. The zero-order valence-electron chi connectivity index (χ0n) is 19.5. The fourth-order valence-corrected chi connectivity index (χ4v) is 5.36. The number of carbonyl (C=O) groups is 1. The van der Waals surface area contributed by atoms with Gasteiger partial charge in [0.15, 0.2) is 6.10 Å². The number of carbonyl (C=O) groups excluding carboxylic acids is 1. The Morgan fingerprint density at radius 1 is 1.06 bits per heavy atom. The van der Waals surface area contributed by atoms with Crippen LogP contribution >= 0.6 is 11.6 Å². The second-order valence-electron chi connectivity index (χ2n) is 9.34. The fourth-order valence-electron chi connectivity index (χ4n) is 3.70. The summed E-state index contributed by atoms with van der Waals surface area (Å²) >= 11 is 6.18. The summed E-state index contributed by atoms with van der Waals surface area (Å²) in [6, 6.07) is 18.8. The van der Waals surface area contributed by atoms with Crippen molar-refractivity contribution in [2.45, 2.75) is 44.1 Å². The molecule has 0 spiro atoms. The Hall–Kier alpha value is -3.03. The lowest BCUT2D eigenvalue weighted by Gasteiger charge is -2.36. The average molecular weight is 499 g/mol. The summed E-state index contributed by atoms with van der Waals surface area (Å²) < 4.78 is 34.5. The number of aryl methyl sites for hydroxylation is 1. The van der Waals surface area contributed by atoms with Crippen LogP contribution in [0.4, 0.5) is 11.4 Å². The topological polar surface area (TPSA) is 75.7 Å². The highest BCUT2D eigenvalue weighted by Crippen LogP contribution is 2.40. The van der Waals surface area contributed by atoms with E-state index in [0.29, 0.717) is 22.1 Å². The molecule has 1 aliphatic rings. The van der Waals surface area contributed by atoms with Crippen molar-refractivity contribution in [3.63, 3.8) is 0 Å². The van der Waals surface area contributed by atoms with Crippen molar-refractivity contribution in [3.05, 3.63) is 82.9 Å². The molecule has 3 aromatic carbocycles. The molecular formula is C26H27ClN2O4S. The number of amides is 1. The lowest BCUT2D eigenvalue weighted by atomic mass is 9.86. The molecule has 0 bridgehead atoms. The van der Waals surface area contributed by atoms with Crippen molar-refractivity contribution in [2.24, 2.45) is 0 Å². The van der Waals surface area contributed by atoms with Crippen LogP contribution in [0, 0.1) is 6.92 Å². The predicted molar refractivity (Wildman–Crippen MR) is 135 cm³/mol. The highest BCUT2D eigenvalue weighted by molar-refractivity contribution is 7.92. The zero-order valence-corrected chi connectivity index (χ0v) is 21.1. The minimum atomic E-state index is -3.94. The summed E-state index contributed by atoms with van der Waals surface area (Å²) in [4.78, 5) is 13.3. The molecule has 0 aromatic heterocycles. The average Bonchev–Trinajstić information content (AvgIpc) is 2.80. The monoisotopic (exact) mass is 498 g/mol. The molecule has 0 saturated carbocycles. The molecule has 0 fully saturated rings. The number of ether oxygens (including phenoxy) is 1. The third-order valence-corrected chi connectivity index (χ3v) is 7.96. The highest BCUT2D eigenvalue weighted by Gasteiger charge is 2.38. The molecule has 1 amide bonds. The number of hydrogen-bond acceptors (Lipinski definition) is 4. The third-order valence-electron chi connectivity index (χ3n) is 5.76. The second kappa shape index (κ2) is 8.96. The van der Waals surface area contributed by atoms with Crippen LogP contribution in [0.15, 0.2) is 71.6 Å².